The summed E-state index contributed by atoms with van der Waals surface area (Å²) in [6.45, 7) is 0. The molecule has 0 saturated carbocycles. The van der Waals surface area contributed by atoms with Gasteiger partial charge in [-0.25, -0.2) is 0 Å². The van der Waals surface area contributed by atoms with Gasteiger partial charge in [-0.3, -0.25) is 0 Å². The smallest absolute Gasteiger partial charge is 0.429 e. The summed E-state index contributed by atoms with van der Waals surface area (Å²) in [5.74, 6) is 0.203. The van der Waals surface area contributed by atoms with Crippen LogP contribution >= 0.6 is 0 Å². The molecule has 1 unspecified atom stereocenters. The summed E-state index contributed by atoms with van der Waals surface area (Å²) >= 11 is 0. The van der Waals surface area contributed by atoms with Crippen molar-refractivity contribution < 1.29 is 17.9 Å². The number of ether oxygens (including phenoxy) is 1. The molecule has 5 heteroatoms. The maximum atomic E-state index is 12.3. The third kappa shape index (κ3) is 1.91. The molecule has 0 radical (unpaired) electrons. The number of benzene rings is 1. The predicted octanol–water partition coefficient (Wildman–Crippen LogP) is 2.61. The van der Waals surface area contributed by atoms with Crippen molar-refractivity contribution in [2.24, 2.45) is 0 Å². The summed E-state index contributed by atoms with van der Waals surface area (Å²) in [7, 11) is 0. The van der Waals surface area contributed by atoms with Gasteiger partial charge in [0.2, 0.25) is 6.10 Å². The zero-order valence-corrected chi connectivity index (χ0v) is 7.58. The highest BCUT2D eigenvalue weighted by Gasteiger charge is 2.41. The van der Waals surface area contributed by atoms with Crippen LogP contribution in [0.1, 0.15) is 5.56 Å². The lowest BCUT2D eigenvalue weighted by Gasteiger charge is -2.23. The number of nitrogen functional groups attached to an aromatic ring is 1. The molecule has 1 heterocycles. The molecule has 2 rings (SSSR count). The zero-order chi connectivity index (χ0) is 11.1. The number of anilines is 1. The van der Waals surface area contributed by atoms with Crippen molar-refractivity contribution in [3.05, 3.63) is 29.8 Å². The van der Waals surface area contributed by atoms with Crippen LogP contribution in [0.2, 0.25) is 0 Å². The van der Waals surface area contributed by atoms with Crippen LogP contribution in [0, 0.1) is 0 Å². The van der Waals surface area contributed by atoms with Gasteiger partial charge in [0.25, 0.3) is 0 Å². The van der Waals surface area contributed by atoms with E-state index >= 15 is 0 Å². The van der Waals surface area contributed by atoms with E-state index in [4.69, 9.17) is 10.5 Å². The molecule has 0 amide bonds. The van der Waals surface area contributed by atoms with E-state index < -0.39 is 12.3 Å². The number of alkyl halides is 3. The van der Waals surface area contributed by atoms with E-state index in [1.165, 1.54) is 18.2 Å². The number of rotatable bonds is 0. The van der Waals surface area contributed by atoms with Gasteiger partial charge in [0.1, 0.15) is 5.75 Å². The van der Waals surface area contributed by atoms with Crippen LogP contribution in [0.4, 0.5) is 18.9 Å². The molecule has 2 nitrogen and oxygen atoms in total. The lowest BCUT2D eigenvalue weighted by atomic mass is 10.1. The second-order valence-electron chi connectivity index (χ2n) is 3.24. The van der Waals surface area contributed by atoms with Gasteiger partial charge in [-0.05, 0) is 24.3 Å². The fourth-order valence-corrected chi connectivity index (χ4v) is 1.35. The van der Waals surface area contributed by atoms with Gasteiger partial charge in [-0.1, -0.05) is 6.08 Å². The van der Waals surface area contributed by atoms with Crippen molar-refractivity contribution in [3.63, 3.8) is 0 Å². The predicted molar refractivity (Wildman–Crippen MR) is 50.4 cm³/mol. The molecule has 0 aromatic heterocycles. The third-order valence-corrected chi connectivity index (χ3v) is 2.06. The van der Waals surface area contributed by atoms with Gasteiger partial charge in [0, 0.05) is 11.3 Å². The van der Waals surface area contributed by atoms with Crippen molar-refractivity contribution >= 4 is 11.8 Å². The Morgan fingerprint density at radius 2 is 2.00 bits per heavy atom. The fraction of sp³-hybridized carbons (Fsp3) is 0.200. The van der Waals surface area contributed by atoms with Crippen LogP contribution < -0.4 is 10.5 Å². The summed E-state index contributed by atoms with van der Waals surface area (Å²) in [4.78, 5) is 0. The minimum atomic E-state index is -4.38. The van der Waals surface area contributed by atoms with E-state index in [0.29, 0.717) is 11.3 Å². The van der Waals surface area contributed by atoms with Crippen LogP contribution in [-0.2, 0) is 0 Å². The summed E-state index contributed by atoms with van der Waals surface area (Å²) < 4.78 is 41.7. The zero-order valence-electron chi connectivity index (χ0n) is 7.58. The lowest BCUT2D eigenvalue weighted by molar-refractivity contribution is -0.180. The van der Waals surface area contributed by atoms with Gasteiger partial charge >= 0.3 is 6.18 Å². The highest BCUT2D eigenvalue weighted by atomic mass is 19.4. The van der Waals surface area contributed by atoms with E-state index in [-0.39, 0.29) is 5.75 Å². The Balaban J connectivity index is 2.32. The molecular weight excluding hydrogens is 207 g/mol. The summed E-state index contributed by atoms with van der Waals surface area (Å²) in [6, 6.07) is 4.51. The molecule has 0 saturated heterocycles. The minimum absolute atomic E-state index is 0.203. The Kier molecular flexibility index (Phi) is 2.10. The Morgan fingerprint density at radius 1 is 1.27 bits per heavy atom. The molecule has 1 aliphatic rings. The number of halogens is 3. The molecule has 1 aromatic carbocycles. The average Bonchev–Trinajstić information content (AvgIpc) is 2.15. The van der Waals surface area contributed by atoms with Gasteiger partial charge in [0.15, 0.2) is 0 Å². The Labute approximate surface area is 84.1 Å². The van der Waals surface area contributed by atoms with Crippen molar-refractivity contribution in [2.45, 2.75) is 12.3 Å². The normalized spacial score (nSPS) is 19.5. The van der Waals surface area contributed by atoms with Crippen molar-refractivity contribution in [1.82, 2.24) is 0 Å². The molecule has 1 aliphatic heterocycles. The van der Waals surface area contributed by atoms with E-state index in [1.807, 2.05) is 0 Å². The van der Waals surface area contributed by atoms with Crippen LogP contribution in [0.25, 0.3) is 6.08 Å². The fourth-order valence-electron chi connectivity index (χ4n) is 1.35. The van der Waals surface area contributed by atoms with Gasteiger partial charge in [-0.2, -0.15) is 13.2 Å². The minimum Gasteiger partial charge on any atom is -0.476 e. The SMILES string of the molecule is Nc1ccc2c(c1)C=CC(C(F)(F)F)O2. The van der Waals surface area contributed by atoms with Gasteiger partial charge in [0.05, 0.1) is 0 Å². The first kappa shape index (κ1) is 9.89. The molecule has 1 atom stereocenters. The van der Waals surface area contributed by atoms with Crippen molar-refractivity contribution in [2.75, 3.05) is 5.73 Å². The summed E-state index contributed by atoms with van der Waals surface area (Å²) in [5.41, 5.74) is 6.55. The molecule has 15 heavy (non-hydrogen) atoms. The van der Waals surface area contributed by atoms with Gasteiger partial charge < -0.3 is 10.5 Å². The topological polar surface area (TPSA) is 35.2 Å². The lowest BCUT2D eigenvalue weighted by Crippen LogP contribution is -2.33. The Bertz CT molecular complexity index is 412. The van der Waals surface area contributed by atoms with Crippen LogP contribution in [0.15, 0.2) is 24.3 Å². The molecule has 0 bridgehead atoms. The number of fused-ring (bicyclic) bond motifs is 1. The standard InChI is InChI=1S/C10H8F3NO/c11-10(12,13)9-4-1-6-5-7(14)2-3-8(6)15-9/h1-5,9H,14H2. The second kappa shape index (κ2) is 3.18. The molecule has 0 fully saturated rings. The highest BCUT2D eigenvalue weighted by molar-refractivity contribution is 5.64. The van der Waals surface area contributed by atoms with Gasteiger partial charge in [-0.15, -0.1) is 0 Å². The summed E-state index contributed by atoms with van der Waals surface area (Å²) in [5, 5.41) is 0. The first-order chi connectivity index (χ1) is 6.97. The third-order valence-electron chi connectivity index (χ3n) is 2.06. The number of hydrogen-bond donors (Lipinski definition) is 1. The molecule has 80 valence electrons. The maximum absolute atomic E-state index is 12.3. The van der Waals surface area contributed by atoms with E-state index in [0.717, 1.165) is 6.08 Å². The van der Waals surface area contributed by atoms with Crippen LogP contribution in [0.3, 0.4) is 0 Å². The molecule has 1 aromatic rings. The first-order valence-electron chi connectivity index (χ1n) is 4.28. The quantitative estimate of drug-likeness (QED) is 0.675. The molecule has 0 spiro atoms. The summed E-state index contributed by atoms with van der Waals surface area (Å²) in [6.07, 6.45) is -3.90. The van der Waals surface area contributed by atoms with Crippen LogP contribution in [0.5, 0.6) is 5.75 Å². The number of hydrogen-bond acceptors (Lipinski definition) is 2. The second-order valence-corrected chi connectivity index (χ2v) is 3.24. The van der Waals surface area contributed by atoms with E-state index in [2.05, 4.69) is 0 Å². The highest BCUT2D eigenvalue weighted by Crippen LogP contribution is 2.33. The maximum Gasteiger partial charge on any atom is 0.429 e. The molecular formula is C10H8F3NO. The Morgan fingerprint density at radius 3 is 2.67 bits per heavy atom. The molecule has 2 N–H and O–H groups in total. The van der Waals surface area contributed by atoms with E-state index in [1.54, 1.807) is 6.07 Å². The van der Waals surface area contributed by atoms with E-state index in [9.17, 15) is 13.2 Å². The number of nitrogens with two attached hydrogens (primary N) is 1. The Hall–Kier alpha value is -1.65. The van der Waals surface area contributed by atoms with Crippen LogP contribution in [-0.4, -0.2) is 12.3 Å². The monoisotopic (exact) mass is 215 g/mol. The van der Waals surface area contributed by atoms with Crippen molar-refractivity contribution in [1.29, 1.82) is 0 Å². The van der Waals surface area contributed by atoms with Crippen molar-refractivity contribution in [3.8, 4) is 5.75 Å². The first-order valence-corrected chi connectivity index (χ1v) is 4.28. The largest absolute Gasteiger partial charge is 0.476 e. The molecule has 0 aliphatic carbocycles. The average molecular weight is 215 g/mol.